The average molecular weight is 358 g/mol. The second-order valence-corrected chi connectivity index (χ2v) is 5.87. The fourth-order valence-electron chi connectivity index (χ4n) is 2.33. The lowest BCUT2D eigenvalue weighted by Gasteiger charge is -2.11. The van der Waals surface area contributed by atoms with Crippen LogP contribution in [-0.4, -0.2) is 41.7 Å². The second kappa shape index (κ2) is 8.84. The number of nitrogens with one attached hydrogen (secondary N) is 1. The highest BCUT2D eigenvalue weighted by Gasteiger charge is 2.11. The van der Waals surface area contributed by atoms with Crippen molar-refractivity contribution in [2.75, 3.05) is 13.7 Å². The highest BCUT2D eigenvalue weighted by Crippen LogP contribution is 2.20. The van der Waals surface area contributed by atoms with Crippen LogP contribution in [0.2, 0.25) is 0 Å². The van der Waals surface area contributed by atoms with Crippen LogP contribution in [0.25, 0.3) is 0 Å². The van der Waals surface area contributed by atoms with E-state index in [2.05, 4.69) is 10.3 Å². The Morgan fingerprint density at radius 3 is 2.65 bits per heavy atom. The van der Waals surface area contributed by atoms with Crippen LogP contribution in [0.1, 0.15) is 40.3 Å². The number of hydrogen-bond acceptors (Lipinski definition) is 5. The normalized spacial score (nSPS) is 10.5. The standard InChI is InChI=1S/C19H22N2O5/c1-12(2)26-17-6-4-5-15(21-17)18(22)20-10-9-13-7-8-14(19(23)24)11-16(13)25-3/h4-8,11-12H,9-10H2,1-3H3,(H,20,22)(H,23,24). The third kappa shape index (κ3) is 5.20. The molecule has 138 valence electrons. The van der Waals surface area contributed by atoms with Crippen LogP contribution in [0, 0.1) is 0 Å². The van der Waals surface area contributed by atoms with E-state index in [1.54, 1.807) is 24.3 Å². The molecule has 0 saturated carbocycles. The van der Waals surface area contributed by atoms with Gasteiger partial charge in [-0.3, -0.25) is 4.79 Å². The Labute approximate surface area is 152 Å². The van der Waals surface area contributed by atoms with Gasteiger partial charge in [-0.05, 0) is 44.0 Å². The van der Waals surface area contributed by atoms with Crippen molar-refractivity contribution in [3.63, 3.8) is 0 Å². The quantitative estimate of drug-likeness (QED) is 0.753. The Morgan fingerprint density at radius 1 is 1.23 bits per heavy atom. The van der Waals surface area contributed by atoms with Crippen LogP contribution in [0.5, 0.6) is 11.6 Å². The number of amides is 1. The summed E-state index contributed by atoms with van der Waals surface area (Å²) in [5.41, 5.74) is 1.24. The van der Waals surface area contributed by atoms with Crippen LogP contribution >= 0.6 is 0 Å². The van der Waals surface area contributed by atoms with Gasteiger partial charge in [-0.1, -0.05) is 12.1 Å². The van der Waals surface area contributed by atoms with Gasteiger partial charge in [0.25, 0.3) is 5.91 Å². The van der Waals surface area contributed by atoms with Crippen LogP contribution < -0.4 is 14.8 Å². The molecule has 0 aliphatic rings. The molecule has 7 heteroatoms. The Balaban J connectivity index is 1.97. The maximum Gasteiger partial charge on any atom is 0.335 e. The van der Waals surface area contributed by atoms with Crippen molar-refractivity contribution in [1.29, 1.82) is 0 Å². The molecule has 26 heavy (non-hydrogen) atoms. The summed E-state index contributed by atoms with van der Waals surface area (Å²) in [6.07, 6.45) is 0.471. The molecule has 7 nitrogen and oxygen atoms in total. The first-order valence-corrected chi connectivity index (χ1v) is 8.23. The van der Waals surface area contributed by atoms with Crippen molar-refractivity contribution in [1.82, 2.24) is 10.3 Å². The number of pyridine rings is 1. The monoisotopic (exact) mass is 358 g/mol. The molecule has 0 unspecified atom stereocenters. The van der Waals surface area contributed by atoms with E-state index in [4.69, 9.17) is 14.6 Å². The van der Waals surface area contributed by atoms with Gasteiger partial charge in [0.15, 0.2) is 0 Å². The molecule has 2 aromatic rings. The molecule has 1 aromatic heterocycles. The maximum absolute atomic E-state index is 12.2. The third-order valence-corrected chi connectivity index (χ3v) is 3.53. The molecule has 0 saturated heterocycles. The van der Waals surface area contributed by atoms with Crippen molar-refractivity contribution in [3.05, 3.63) is 53.2 Å². The molecule has 0 radical (unpaired) electrons. The molecule has 2 rings (SSSR count). The Hall–Kier alpha value is -3.09. The number of benzene rings is 1. The van der Waals surface area contributed by atoms with E-state index in [0.29, 0.717) is 24.6 Å². The first-order chi connectivity index (χ1) is 12.4. The van der Waals surface area contributed by atoms with Gasteiger partial charge >= 0.3 is 5.97 Å². The predicted molar refractivity (Wildman–Crippen MR) is 96.0 cm³/mol. The number of rotatable bonds is 8. The summed E-state index contributed by atoms with van der Waals surface area (Å²) in [6.45, 7) is 4.13. The minimum atomic E-state index is -1.02. The number of carboxylic acid groups (broad SMARTS) is 1. The number of ether oxygens (including phenoxy) is 2. The third-order valence-electron chi connectivity index (χ3n) is 3.53. The summed E-state index contributed by atoms with van der Waals surface area (Å²) in [4.78, 5) is 27.4. The molecule has 1 aromatic carbocycles. The van der Waals surface area contributed by atoms with Crippen molar-refractivity contribution in [2.24, 2.45) is 0 Å². The van der Waals surface area contributed by atoms with Gasteiger partial charge in [-0.2, -0.15) is 0 Å². The predicted octanol–water partition coefficient (Wildman–Crippen LogP) is 2.55. The lowest BCUT2D eigenvalue weighted by Crippen LogP contribution is -2.26. The van der Waals surface area contributed by atoms with Gasteiger partial charge < -0.3 is 19.9 Å². The zero-order chi connectivity index (χ0) is 19.1. The van der Waals surface area contributed by atoms with Gasteiger partial charge in [0.1, 0.15) is 11.4 Å². The number of nitrogens with zero attached hydrogens (tertiary/aromatic N) is 1. The number of carbonyl (C=O) groups excluding carboxylic acids is 1. The topological polar surface area (TPSA) is 97.8 Å². The summed E-state index contributed by atoms with van der Waals surface area (Å²) < 4.78 is 10.7. The van der Waals surface area contributed by atoms with Crippen molar-refractivity contribution in [2.45, 2.75) is 26.4 Å². The van der Waals surface area contributed by atoms with Gasteiger partial charge in [0, 0.05) is 12.6 Å². The largest absolute Gasteiger partial charge is 0.496 e. The number of methoxy groups -OCH3 is 1. The maximum atomic E-state index is 12.2. The summed E-state index contributed by atoms with van der Waals surface area (Å²) in [6, 6.07) is 9.69. The van der Waals surface area contributed by atoms with Crippen LogP contribution in [0.15, 0.2) is 36.4 Å². The molecular formula is C19H22N2O5. The minimum absolute atomic E-state index is 0.0259. The second-order valence-electron chi connectivity index (χ2n) is 5.87. The number of carbonyl (C=O) groups is 2. The minimum Gasteiger partial charge on any atom is -0.496 e. The highest BCUT2D eigenvalue weighted by atomic mass is 16.5. The smallest absolute Gasteiger partial charge is 0.335 e. The molecule has 1 heterocycles. The SMILES string of the molecule is COc1cc(C(=O)O)ccc1CCNC(=O)c1cccc(OC(C)C)n1. The molecule has 0 aliphatic carbocycles. The Bertz CT molecular complexity index is 789. The summed E-state index contributed by atoms with van der Waals surface area (Å²) in [7, 11) is 1.48. The number of hydrogen-bond donors (Lipinski definition) is 2. The van der Waals surface area contributed by atoms with E-state index in [1.165, 1.54) is 19.2 Å². The molecular weight excluding hydrogens is 336 g/mol. The molecule has 0 bridgehead atoms. The van der Waals surface area contributed by atoms with E-state index in [0.717, 1.165) is 5.56 Å². The summed E-state index contributed by atoms with van der Waals surface area (Å²) in [5, 5.41) is 11.8. The van der Waals surface area contributed by atoms with Gasteiger partial charge in [0.05, 0.1) is 18.8 Å². The summed E-state index contributed by atoms with van der Waals surface area (Å²) in [5.74, 6) is -0.443. The van der Waals surface area contributed by atoms with Crippen LogP contribution in [-0.2, 0) is 6.42 Å². The number of aromatic nitrogens is 1. The van der Waals surface area contributed by atoms with E-state index >= 15 is 0 Å². The lowest BCUT2D eigenvalue weighted by atomic mass is 10.1. The van der Waals surface area contributed by atoms with Crippen molar-refractivity contribution >= 4 is 11.9 Å². The van der Waals surface area contributed by atoms with E-state index in [9.17, 15) is 9.59 Å². The fourth-order valence-corrected chi connectivity index (χ4v) is 2.33. The van der Waals surface area contributed by atoms with Crippen LogP contribution in [0.4, 0.5) is 0 Å². The van der Waals surface area contributed by atoms with E-state index < -0.39 is 5.97 Å². The molecule has 1 amide bonds. The Morgan fingerprint density at radius 2 is 2.00 bits per heavy atom. The molecule has 0 fully saturated rings. The van der Waals surface area contributed by atoms with Gasteiger partial charge in [-0.15, -0.1) is 0 Å². The van der Waals surface area contributed by atoms with Crippen LogP contribution in [0.3, 0.4) is 0 Å². The Kier molecular flexibility index (Phi) is 6.54. The first-order valence-electron chi connectivity index (χ1n) is 8.23. The zero-order valence-corrected chi connectivity index (χ0v) is 15.0. The molecule has 0 atom stereocenters. The first kappa shape index (κ1) is 19.2. The van der Waals surface area contributed by atoms with Gasteiger partial charge in [-0.25, -0.2) is 9.78 Å². The van der Waals surface area contributed by atoms with E-state index in [-0.39, 0.29) is 23.3 Å². The molecule has 0 aliphatic heterocycles. The van der Waals surface area contributed by atoms with E-state index in [1.807, 2.05) is 13.8 Å². The lowest BCUT2D eigenvalue weighted by molar-refractivity contribution is 0.0696. The van der Waals surface area contributed by atoms with Crippen molar-refractivity contribution in [3.8, 4) is 11.6 Å². The van der Waals surface area contributed by atoms with Crippen molar-refractivity contribution < 1.29 is 24.2 Å². The average Bonchev–Trinajstić information content (AvgIpc) is 2.61. The van der Waals surface area contributed by atoms with Gasteiger partial charge in [0.2, 0.25) is 5.88 Å². The number of carboxylic acids is 1. The molecule has 2 N–H and O–H groups in total. The number of aromatic carboxylic acids is 1. The summed E-state index contributed by atoms with van der Waals surface area (Å²) >= 11 is 0. The highest BCUT2D eigenvalue weighted by molar-refractivity contribution is 5.92. The fraction of sp³-hybridized carbons (Fsp3) is 0.316. The molecule has 0 spiro atoms. The zero-order valence-electron chi connectivity index (χ0n) is 15.0.